The molecule has 0 radical (unpaired) electrons. The van der Waals surface area contributed by atoms with Crippen molar-refractivity contribution in [3.8, 4) is 0 Å². The number of esters is 1. The summed E-state index contributed by atoms with van der Waals surface area (Å²) in [7, 11) is 0. The maximum absolute atomic E-state index is 13.3. The first kappa shape index (κ1) is 31.3. The number of benzene rings is 3. The highest BCUT2D eigenvalue weighted by Crippen LogP contribution is 2.39. The van der Waals surface area contributed by atoms with E-state index in [0.29, 0.717) is 0 Å². The lowest BCUT2D eigenvalue weighted by atomic mass is 9.75. The summed E-state index contributed by atoms with van der Waals surface area (Å²) in [5.41, 5.74) is 1.67. The van der Waals surface area contributed by atoms with Crippen molar-refractivity contribution in [3.05, 3.63) is 108 Å². The van der Waals surface area contributed by atoms with Crippen LogP contribution in [0.15, 0.2) is 91.0 Å². The molecule has 6 heteroatoms. The average molecular weight is 571 g/mol. The molecule has 1 aliphatic carbocycles. The first-order valence-corrected chi connectivity index (χ1v) is 15.0. The van der Waals surface area contributed by atoms with E-state index in [2.05, 4.69) is 78.1 Å². The third-order valence-corrected chi connectivity index (χ3v) is 7.53. The summed E-state index contributed by atoms with van der Waals surface area (Å²) in [6, 6.07) is 31.8. The van der Waals surface area contributed by atoms with Crippen LogP contribution in [0.3, 0.4) is 0 Å². The van der Waals surface area contributed by atoms with Gasteiger partial charge < -0.3 is 9.47 Å². The van der Waals surface area contributed by atoms with Crippen molar-refractivity contribution in [1.82, 2.24) is 10.2 Å². The molecule has 0 aromatic heterocycles. The van der Waals surface area contributed by atoms with Gasteiger partial charge in [0.25, 0.3) is 0 Å². The molecule has 224 valence electrons. The molecule has 0 unspecified atom stereocenters. The van der Waals surface area contributed by atoms with Crippen molar-refractivity contribution in [2.45, 2.75) is 96.1 Å². The number of hydrogen-bond acceptors (Lipinski definition) is 5. The van der Waals surface area contributed by atoms with Gasteiger partial charge >= 0.3 is 12.1 Å². The Kier molecular flexibility index (Phi) is 9.78. The second-order valence-corrected chi connectivity index (χ2v) is 13.2. The molecular weight excluding hydrogens is 524 g/mol. The van der Waals surface area contributed by atoms with E-state index in [-0.39, 0.29) is 18.6 Å². The fraction of sp³-hybridized carbons (Fsp3) is 0.444. The summed E-state index contributed by atoms with van der Waals surface area (Å²) in [6.07, 6.45) is 2.69. The molecule has 1 N–H and O–H groups in total. The highest BCUT2D eigenvalue weighted by atomic mass is 16.6. The molecule has 1 aliphatic rings. The molecular formula is C36H46N2O4. The summed E-state index contributed by atoms with van der Waals surface area (Å²) in [6.45, 7) is 10.9. The van der Waals surface area contributed by atoms with Gasteiger partial charge in [-0.1, -0.05) is 91.0 Å². The Morgan fingerprint density at radius 3 is 1.45 bits per heavy atom. The lowest BCUT2D eigenvalue weighted by Gasteiger charge is -2.43. The number of hydrogen-bond donors (Lipinski definition) is 1. The van der Waals surface area contributed by atoms with Crippen LogP contribution < -0.4 is 5.32 Å². The molecule has 3 aromatic carbocycles. The van der Waals surface area contributed by atoms with Crippen LogP contribution in [-0.2, 0) is 19.8 Å². The van der Waals surface area contributed by atoms with Crippen LogP contribution in [0.4, 0.5) is 4.79 Å². The number of rotatable bonds is 8. The number of ether oxygens (including phenoxy) is 2. The van der Waals surface area contributed by atoms with Crippen molar-refractivity contribution in [2.75, 3.05) is 6.54 Å². The van der Waals surface area contributed by atoms with Crippen molar-refractivity contribution in [2.24, 2.45) is 0 Å². The number of nitrogens with zero attached hydrogens (tertiary/aromatic N) is 1. The largest absolute Gasteiger partial charge is 0.459 e. The van der Waals surface area contributed by atoms with E-state index < -0.39 is 28.8 Å². The van der Waals surface area contributed by atoms with Gasteiger partial charge in [-0.25, -0.2) is 4.79 Å². The first-order chi connectivity index (χ1) is 19.9. The monoisotopic (exact) mass is 570 g/mol. The zero-order chi connectivity index (χ0) is 30.4. The number of amides is 1. The van der Waals surface area contributed by atoms with Crippen LogP contribution >= 0.6 is 0 Å². The van der Waals surface area contributed by atoms with Gasteiger partial charge in [-0.15, -0.1) is 0 Å². The maximum atomic E-state index is 13.3. The van der Waals surface area contributed by atoms with Crippen molar-refractivity contribution in [1.29, 1.82) is 0 Å². The molecule has 0 aliphatic heterocycles. The normalized spacial score (nSPS) is 17.8. The Morgan fingerprint density at radius 1 is 0.667 bits per heavy atom. The van der Waals surface area contributed by atoms with E-state index >= 15 is 0 Å². The van der Waals surface area contributed by atoms with Crippen LogP contribution in [0, 0.1) is 0 Å². The third-order valence-electron chi connectivity index (χ3n) is 7.53. The van der Waals surface area contributed by atoms with E-state index in [1.807, 2.05) is 59.7 Å². The summed E-state index contributed by atoms with van der Waals surface area (Å²) >= 11 is 0. The van der Waals surface area contributed by atoms with Crippen LogP contribution in [0.25, 0.3) is 0 Å². The number of carbonyl (C=O) groups is 2. The van der Waals surface area contributed by atoms with E-state index in [1.165, 1.54) is 16.7 Å². The zero-order valence-electron chi connectivity index (χ0n) is 25.9. The highest BCUT2D eigenvalue weighted by molar-refractivity contribution is 5.78. The van der Waals surface area contributed by atoms with Crippen LogP contribution in [-0.4, -0.2) is 46.8 Å². The van der Waals surface area contributed by atoms with Crippen molar-refractivity contribution < 1.29 is 19.1 Å². The average Bonchev–Trinajstić information content (AvgIpc) is 2.95. The van der Waals surface area contributed by atoms with Crippen molar-refractivity contribution >= 4 is 12.1 Å². The smallest absolute Gasteiger partial charge is 0.411 e. The minimum Gasteiger partial charge on any atom is -0.459 e. The summed E-state index contributed by atoms with van der Waals surface area (Å²) < 4.78 is 11.3. The molecule has 0 bridgehead atoms. The summed E-state index contributed by atoms with van der Waals surface area (Å²) in [5.74, 6) is -0.426. The molecule has 0 heterocycles. The van der Waals surface area contributed by atoms with Gasteiger partial charge in [-0.2, -0.15) is 0 Å². The molecule has 0 atom stereocenters. The molecule has 1 amide bonds. The Balaban J connectivity index is 1.60. The summed E-state index contributed by atoms with van der Waals surface area (Å²) in [5, 5.41) is 4.09. The molecule has 42 heavy (non-hydrogen) atoms. The molecule has 1 fully saturated rings. The fourth-order valence-corrected chi connectivity index (χ4v) is 5.83. The van der Waals surface area contributed by atoms with E-state index in [0.717, 1.165) is 25.7 Å². The number of carbonyl (C=O) groups excluding carboxylic acids is 2. The molecule has 0 saturated heterocycles. The van der Waals surface area contributed by atoms with Gasteiger partial charge in [-0.05, 0) is 83.9 Å². The second kappa shape index (κ2) is 13.1. The topological polar surface area (TPSA) is 67.9 Å². The summed E-state index contributed by atoms with van der Waals surface area (Å²) in [4.78, 5) is 27.7. The molecule has 3 aromatic rings. The predicted octanol–water partition coefficient (Wildman–Crippen LogP) is 7.46. The Bertz CT molecular complexity index is 1190. The van der Waals surface area contributed by atoms with Gasteiger partial charge in [-0.3, -0.25) is 15.0 Å². The predicted molar refractivity (Wildman–Crippen MR) is 167 cm³/mol. The minimum absolute atomic E-state index is 0.120. The van der Waals surface area contributed by atoms with Crippen LogP contribution in [0.2, 0.25) is 0 Å². The van der Waals surface area contributed by atoms with Gasteiger partial charge in [0.05, 0.1) is 5.54 Å². The van der Waals surface area contributed by atoms with Gasteiger partial charge in [0, 0.05) is 12.1 Å². The van der Waals surface area contributed by atoms with Gasteiger partial charge in [0.2, 0.25) is 0 Å². The van der Waals surface area contributed by atoms with E-state index in [4.69, 9.17) is 9.47 Å². The van der Waals surface area contributed by atoms with Crippen LogP contribution in [0.1, 0.15) is 83.9 Å². The minimum atomic E-state index is -0.664. The lowest BCUT2D eigenvalue weighted by molar-refractivity contribution is -0.156. The Morgan fingerprint density at radius 2 is 1.07 bits per heavy atom. The SMILES string of the molecule is CC(C)(C)OC(=O)CN(C(=O)OC(C)(C)C)C1CCC(NC(c2ccccc2)(c2ccccc2)c2ccccc2)CC1. The maximum Gasteiger partial charge on any atom is 0.411 e. The Labute approximate surface area is 251 Å². The van der Waals surface area contributed by atoms with E-state index in [9.17, 15) is 9.59 Å². The Hall–Kier alpha value is -3.64. The fourth-order valence-electron chi connectivity index (χ4n) is 5.83. The van der Waals surface area contributed by atoms with Gasteiger partial charge in [0.15, 0.2) is 0 Å². The van der Waals surface area contributed by atoms with E-state index in [1.54, 1.807) is 4.90 Å². The lowest BCUT2D eigenvalue weighted by Crippen LogP contribution is -2.53. The highest BCUT2D eigenvalue weighted by Gasteiger charge is 2.40. The van der Waals surface area contributed by atoms with Crippen LogP contribution in [0.5, 0.6) is 0 Å². The van der Waals surface area contributed by atoms with Crippen molar-refractivity contribution in [3.63, 3.8) is 0 Å². The zero-order valence-corrected chi connectivity index (χ0v) is 25.9. The third kappa shape index (κ3) is 8.01. The van der Waals surface area contributed by atoms with Gasteiger partial charge in [0.1, 0.15) is 17.7 Å². The standard InChI is InChI=1S/C36H46N2O4/c1-34(2,3)41-32(39)26-38(33(40)42-35(4,5)6)31-24-22-30(23-25-31)37-36(27-16-10-7-11-17-27,28-18-12-8-13-19-28)29-20-14-9-15-21-29/h7-21,30-31,37H,22-26H2,1-6H3. The number of nitrogens with one attached hydrogen (secondary N) is 1. The first-order valence-electron chi connectivity index (χ1n) is 15.0. The molecule has 1 saturated carbocycles. The molecule has 4 rings (SSSR count). The molecule has 0 spiro atoms. The molecule has 6 nitrogen and oxygen atoms in total. The quantitative estimate of drug-likeness (QED) is 0.225. The second-order valence-electron chi connectivity index (χ2n) is 13.2.